The number of aromatic amines is 1. The Morgan fingerprint density at radius 1 is 1.33 bits per heavy atom. The van der Waals surface area contributed by atoms with Gasteiger partial charge in [-0.1, -0.05) is 32.9 Å². The predicted molar refractivity (Wildman–Crippen MR) is 88.9 cm³/mol. The fourth-order valence-corrected chi connectivity index (χ4v) is 2.93. The second-order valence-electron chi connectivity index (χ2n) is 7.07. The Labute approximate surface area is 141 Å². The zero-order valence-electron chi connectivity index (χ0n) is 14.7. The van der Waals surface area contributed by atoms with Crippen LogP contribution in [0.25, 0.3) is 0 Å². The van der Waals surface area contributed by atoms with Crippen molar-refractivity contribution < 1.29 is 9.32 Å². The molecule has 3 rings (SSSR count). The van der Waals surface area contributed by atoms with Gasteiger partial charge in [0.2, 0.25) is 5.89 Å². The summed E-state index contributed by atoms with van der Waals surface area (Å²) in [6, 6.07) is 0. The van der Waals surface area contributed by atoms with E-state index in [1.54, 1.807) is 6.20 Å². The van der Waals surface area contributed by atoms with Crippen LogP contribution in [0.2, 0.25) is 0 Å². The Morgan fingerprint density at radius 3 is 2.75 bits per heavy atom. The number of carbonyl (C=O) groups is 1. The van der Waals surface area contributed by atoms with Crippen LogP contribution in [0, 0.1) is 0 Å². The molecule has 2 aromatic rings. The third-order valence-electron chi connectivity index (χ3n) is 4.40. The number of hydrogen-bond donors (Lipinski definition) is 1. The summed E-state index contributed by atoms with van der Waals surface area (Å²) in [5.41, 5.74) is 0.551. The van der Waals surface area contributed by atoms with E-state index < -0.39 is 0 Å². The van der Waals surface area contributed by atoms with Gasteiger partial charge in [0.25, 0.3) is 5.91 Å². The van der Waals surface area contributed by atoms with Gasteiger partial charge in [0.05, 0.1) is 6.20 Å². The first kappa shape index (κ1) is 16.7. The molecule has 2 aromatic heterocycles. The zero-order valence-corrected chi connectivity index (χ0v) is 14.7. The molecule has 0 saturated carbocycles. The van der Waals surface area contributed by atoms with Crippen molar-refractivity contribution in [3.63, 3.8) is 0 Å². The maximum Gasteiger partial charge on any atom is 0.271 e. The fourth-order valence-electron chi connectivity index (χ4n) is 2.93. The van der Waals surface area contributed by atoms with E-state index in [4.69, 9.17) is 4.52 Å². The largest absolute Gasteiger partial charge is 0.339 e. The van der Waals surface area contributed by atoms with Crippen LogP contribution in [0.4, 0.5) is 0 Å². The standard InChI is InChI=1S/C17H25N5O2/c1-10(2)14-18-8-13(19-14)17(23)22-7-5-6-12(9-22)15-20-16(11(3)4)24-21-15/h8,10-12H,5-7,9H2,1-4H3,(H,18,19). The van der Waals surface area contributed by atoms with E-state index in [9.17, 15) is 4.79 Å². The number of nitrogens with zero attached hydrogens (tertiary/aromatic N) is 4. The number of hydrogen-bond acceptors (Lipinski definition) is 5. The predicted octanol–water partition coefficient (Wildman–Crippen LogP) is 3.06. The van der Waals surface area contributed by atoms with Crippen LogP contribution in [0.5, 0.6) is 0 Å². The van der Waals surface area contributed by atoms with Gasteiger partial charge >= 0.3 is 0 Å². The first-order valence-electron chi connectivity index (χ1n) is 8.63. The van der Waals surface area contributed by atoms with Crippen molar-refractivity contribution in [2.75, 3.05) is 13.1 Å². The normalized spacial score (nSPS) is 18.6. The van der Waals surface area contributed by atoms with E-state index in [2.05, 4.69) is 20.1 Å². The van der Waals surface area contributed by atoms with Crippen LogP contribution >= 0.6 is 0 Å². The third-order valence-corrected chi connectivity index (χ3v) is 4.40. The number of amides is 1. The summed E-state index contributed by atoms with van der Waals surface area (Å²) in [4.78, 5) is 26.5. The van der Waals surface area contributed by atoms with E-state index >= 15 is 0 Å². The van der Waals surface area contributed by atoms with E-state index in [0.717, 1.165) is 25.2 Å². The average molecular weight is 331 g/mol. The van der Waals surface area contributed by atoms with Crippen LogP contribution in [0.3, 0.4) is 0 Å². The van der Waals surface area contributed by atoms with E-state index in [-0.39, 0.29) is 23.7 Å². The van der Waals surface area contributed by atoms with Crippen LogP contribution in [0.1, 0.15) is 86.3 Å². The Bertz CT molecular complexity index is 703. The van der Waals surface area contributed by atoms with Gasteiger partial charge in [0.15, 0.2) is 5.82 Å². The molecule has 1 aliphatic rings. The van der Waals surface area contributed by atoms with Crippen LogP contribution in [-0.2, 0) is 0 Å². The van der Waals surface area contributed by atoms with Gasteiger partial charge in [-0.25, -0.2) is 4.98 Å². The molecule has 24 heavy (non-hydrogen) atoms. The van der Waals surface area contributed by atoms with Crippen molar-refractivity contribution in [3.05, 3.63) is 29.4 Å². The summed E-state index contributed by atoms with van der Waals surface area (Å²) in [6.07, 6.45) is 3.54. The molecule has 1 aliphatic heterocycles. The molecule has 3 heterocycles. The molecular weight excluding hydrogens is 306 g/mol. The van der Waals surface area contributed by atoms with Gasteiger partial charge in [0, 0.05) is 30.8 Å². The molecule has 0 aliphatic carbocycles. The second kappa shape index (κ2) is 6.75. The molecular formula is C17H25N5O2. The smallest absolute Gasteiger partial charge is 0.271 e. The van der Waals surface area contributed by atoms with E-state index in [1.807, 2.05) is 32.6 Å². The highest BCUT2D eigenvalue weighted by atomic mass is 16.5. The van der Waals surface area contributed by atoms with Gasteiger partial charge in [-0.15, -0.1) is 0 Å². The summed E-state index contributed by atoms with van der Waals surface area (Å²) >= 11 is 0. The maximum absolute atomic E-state index is 12.7. The molecule has 0 bridgehead atoms. The number of rotatable bonds is 4. The molecule has 7 nitrogen and oxygen atoms in total. The third kappa shape index (κ3) is 3.34. The molecule has 1 N–H and O–H groups in total. The van der Waals surface area contributed by atoms with Gasteiger partial charge in [-0.2, -0.15) is 4.98 Å². The molecule has 1 fully saturated rings. The Kier molecular flexibility index (Phi) is 4.69. The quantitative estimate of drug-likeness (QED) is 0.930. The van der Waals surface area contributed by atoms with E-state index in [1.165, 1.54) is 0 Å². The Hall–Kier alpha value is -2.18. The van der Waals surface area contributed by atoms with Crippen LogP contribution in [0.15, 0.2) is 10.7 Å². The van der Waals surface area contributed by atoms with Crippen molar-refractivity contribution in [1.82, 2.24) is 25.0 Å². The highest BCUT2D eigenvalue weighted by Crippen LogP contribution is 2.27. The lowest BCUT2D eigenvalue weighted by Gasteiger charge is -2.30. The number of aromatic nitrogens is 4. The maximum atomic E-state index is 12.7. The molecule has 1 amide bonds. The van der Waals surface area contributed by atoms with Gasteiger partial charge in [0.1, 0.15) is 11.5 Å². The summed E-state index contributed by atoms with van der Waals surface area (Å²) in [7, 11) is 0. The molecule has 0 radical (unpaired) electrons. The van der Waals surface area contributed by atoms with Gasteiger partial charge in [-0.3, -0.25) is 4.79 Å². The minimum Gasteiger partial charge on any atom is -0.339 e. The average Bonchev–Trinajstić information content (AvgIpc) is 3.24. The lowest BCUT2D eigenvalue weighted by molar-refractivity contribution is 0.0698. The van der Waals surface area contributed by atoms with Gasteiger partial charge < -0.3 is 14.4 Å². The minimum atomic E-state index is -0.00771. The minimum absolute atomic E-state index is 0.00771. The van der Waals surface area contributed by atoms with E-state index in [0.29, 0.717) is 24.0 Å². The molecule has 1 atom stereocenters. The Morgan fingerprint density at radius 2 is 2.12 bits per heavy atom. The number of likely N-dealkylation sites (tertiary alicyclic amines) is 1. The lowest BCUT2D eigenvalue weighted by Crippen LogP contribution is -2.39. The fraction of sp³-hybridized carbons (Fsp3) is 0.647. The molecule has 7 heteroatoms. The Balaban J connectivity index is 1.71. The van der Waals surface area contributed by atoms with Crippen LogP contribution in [-0.4, -0.2) is 44.0 Å². The molecule has 1 unspecified atom stereocenters. The number of carbonyl (C=O) groups excluding carboxylic acids is 1. The van der Waals surface area contributed by atoms with Crippen LogP contribution < -0.4 is 0 Å². The summed E-state index contributed by atoms with van der Waals surface area (Å²) in [6.45, 7) is 9.52. The first-order chi connectivity index (χ1) is 11.5. The number of nitrogens with one attached hydrogen (secondary N) is 1. The van der Waals surface area contributed by atoms with Crippen molar-refractivity contribution in [2.45, 2.75) is 58.3 Å². The molecule has 1 saturated heterocycles. The lowest BCUT2D eigenvalue weighted by atomic mass is 9.97. The van der Waals surface area contributed by atoms with Gasteiger partial charge in [-0.05, 0) is 12.8 Å². The number of piperidine rings is 1. The van der Waals surface area contributed by atoms with Crippen molar-refractivity contribution in [1.29, 1.82) is 0 Å². The zero-order chi connectivity index (χ0) is 17.3. The first-order valence-corrected chi connectivity index (χ1v) is 8.63. The highest BCUT2D eigenvalue weighted by molar-refractivity contribution is 5.92. The highest BCUT2D eigenvalue weighted by Gasteiger charge is 2.29. The summed E-state index contributed by atoms with van der Waals surface area (Å²) in [5, 5.41) is 4.11. The SMILES string of the molecule is CC(C)c1ncc(C(=O)N2CCCC(c3noc(C(C)C)n3)C2)[nH]1. The van der Waals surface area contributed by atoms with Crippen molar-refractivity contribution >= 4 is 5.91 Å². The van der Waals surface area contributed by atoms with Crippen molar-refractivity contribution in [2.24, 2.45) is 0 Å². The monoisotopic (exact) mass is 331 g/mol. The topological polar surface area (TPSA) is 87.9 Å². The summed E-state index contributed by atoms with van der Waals surface area (Å²) < 4.78 is 5.31. The molecule has 0 aromatic carbocycles. The second-order valence-corrected chi connectivity index (χ2v) is 7.07. The summed E-state index contributed by atoms with van der Waals surface area (Å²) in [5.74, 6) is 2.82. The number of imidazole rings is 1. The number of H-pyrrole nitrogens is 1. The molecule has 0 spiro atoms. The molecule has 130 valence electrons. The van der Waals surface area contributed by atoms with Crippen molar-refractivity contribution in [3.8, 4) is 0 Å².